The summed E-state index contributed by atoms with van der Waals surface area (Å²) in [6.07, 6.45) is 3.86. The van der Waals surface area contributed by atoms with E-state index in [1.807, 2.05) is 66.4 Å². The lowest BCUT2D eigenvalue weighted by atomic mass is 10.3. The first-order valence-corrected chi connectivity index (χ1v) is 7.39. The van der Waals surface area contributed by atoms with Crippen LogP contribution in [-0.4, -0.2) is 27.6 Å². The summed E-state index contributed by atoms with van der Waals surface area (Å²) in [5, 5.41) is 0.701. The first kappa shape index (κ1) is 13.7. The highest BCUT2D eigenvalue weighted by Gasteiger charge is 2.30. The van der Waals surface area contributed by atoms with Crippen molar-refractivity contribution in [2.45, 2.75) is 0 Å². The Morgan fingerprint density at radius 1 is 1.10 bits per heavy atom. The SMILES string of the molecule is CN1C(=O)/C(=C/c2cccn2C)SC1=Nc1ccccc1. The molecule has 0 spiro atoms. The van der Waals surface area contributed by atoms with Crippen molar-refractivity contribution in [3.63, 3.8) is 0 Å². The van der Waals surface area contributed by atoms with Crippen molar-refractivity contribution >= 4 is 34.6 Å². The second kappa shape index (κ2) is 5.61. The van der Waals surface area contributed by atoms with E-state index in [0.717, 1.165) is 11.4 Å². The zero-order valence-electron chi connectivity index (χ0n) is 11.9. The number of aromatic nitrogens is 1. The van der Waals surface area contributed by atoms with Gasteiger partial charge in [-0.2, -0.15) is 0 Å². The van der Waals surface area contributed by atoms with E-state index in [2.05, 4.69) is 4.99 Å². The molecule has 0 radical (unpaired) electrons. The van der Waals surface area contributed by atoms with Gasteiger partial charge >= 0.3 is 0 Å². The first-order chi connectivity index (χ1) is 10.1. The number of aliphatic imine (C=N–C) groups is 1. The highest BCUT2D eigenvalue weighted by molar-refractivity contribution is 8.18. The van der Waals surface area contributed by atoms with Crippen LogP contribution in [0.4, 0.5) is 5.69 Å². The van der Waals surface area contributed by atoms with Gasteiger partial charge in [0.05, 0.1) is 10.6 Å². The van der Waals surface area contributed by atoms with Crippen molar-refractivity contribution < 1.29 is 4.79 Å². The number of amides is 1. The molecule has 3 rings (SSSR count). The maximum Gasteiger partial charge on any atom is 0.266 e. The van der Waals surface area contributed by atoms with Gasteiger partial charge in [0.25, 0.3) is 5.91 Å². The molecule has 106 valence electrons. The van der Waals surface area contributed by atoms with Gasteiger partial charge in [-0.15, -0.1) is 0 Å². The fourth-order valence-electron chi connectivity index (χ4n) is 2.02. The van der Waals surface area contributed by atoms with Crippen molar-refractivity contribution in [1.82, 2.24) is 9.47 Å². The molecule has 21 heavy (non-hydrogen) atoms. The zero-order valence-corrected chi connectivity index (χ0v) is 12.7. The summed E-state index contributed by atoms with van der Waals surface area (Å²) in [4.78, 5) is 19.1. The number of hydrogen-bond acceptors (Lipinski definition) is 3. The summed E-state index contributed by atoms with van der Waals surface area (Å²) < 4.78 is 1.98. The number of benzene rings is 1. The third-order valence-corrected chi connectivity index (χ3v) is 4.31. The summed E-state index contributed by atoms with van der Waals surface area (Å²) in [5.41, 5.74) is 1.85. The standard InChI is InChI=1S/C16H15N3OS/c1-18-10-6-9-13(18)11-14-15(20)19(2)16(21-14)17-12-7-4-3-5-8-12/h3-11H,1-2H3/b14-11-,17-16?. The molecule has 1 amide bonds. The van der Waals surface area contributed by atoms with E-state index < -0.39 is 0 Å². The molecular formula is C16H15N3OS. The minimum atomic E-state index is -0.0177. The Labute approximate surface area is 127 Å². The highest BCUT2D eigenvalue weighted by atomic mass is 32.2. The zero-order chi connectivity index (χ0) is 14.8. The van der Waals surface area contributed by atoms with Crippen molar-refractivity contribution in [2.24, 2.45) is 12.0 Å². The second-order valence-corrected chi connectivity index (χ2v) is 5.76. The molecular weight excluding hydrogens is 282 g/mol. The molecule has 2 aromatic rings. The number of hydrogen-bond donors (Lipinski definition) is 0. The number of carbonyl (C=O) groups excluding carboxylic acids is 1. The van der Waals surface area contributed by atoms with Gasteiger partial charge < -0.3 is 4.57 Å². The molecule has 1 aromatic carbocycles. The summed E-state index contributed by atoms with van der Waals surface area (Å²) in [6.45, 7) is 0. The van der Waals surface area contributed by atoms with Gasteiger partial charge in [0, 0.05) is 26.0 Å². The normalized spacial score (nSPS) is 19.0. The molecule has 5 heteroatoms. The molecule has 0 aliphatic carbocycles. The van der Waals surface area contributed by atoms with Crippen LogP contribution in [-0.2, 0) is 11.8 Å². The van der Waals surface area contributed by atoms with E-state index in [9.17, 15) is 4.79 Å². The Morgan fingerprint density at radius 2 is 1.86 bits per heavy atom. The third-order valence-electron chi connectivity index (χ3n) is 3.25. The van der Waals surface area contributed by atoms with Gasteiger partial charge in [-0.05, 0) is 42.1 Å². The third kappa shape index (κ3) is 2.78. The van der Waals surface area contributed by atoms with Gasteiger partial charge in [0.15, 0.2) is 5.17 Å². The number of para-hydroxylation sites is 1. The molecule has 0 saturated carbocycles. The molecule has 1 aliphatic rings. The van der Waals surface area contributed by atoms with Crippen LogP contribution < -0.4 is 0 Å². The molecule has 1 aliphatic heterocycles. The van der Waals surface area contributed by atoms with E-state index in [1.165, 1.54) is 11.8 Å². The molecule has 0 unspecified atom stereocenters. The van der Waals surface area contributed by atoms with E-state index in [4.69, 9.17) is 0 Å². The second-order valence-electron chi connectivity index (χ2n) is 4.75. The predicted octanol–water partition coefficient (Wildman–Crippen LogP) is 3.26. The number of aryl methyl sites for hydroxylation is 1. The maximum absolute atomic E-state index is 12.3. The lowest BCUT2D eigenvalue weighted by Gasteiger charge is -2.06. The van der Waals surface area contributed by atoms with Crippen molar-refractivity contribution in [2.75, 3.05) is 7.05 Å². The fourth-order valence-corrected chi connectivity index (χ4v) is 2.99. The summed E-state index contributed by atoms with van der Waals surface area (Å²) in [6, 6.07) is 13.6. The Kier molecular flexibility index (Phi) is 3.66. The molecule has 0 N–H and O–H groups in total. The largest absolute Gasteiger partial charge is 0.351 e. The topological polar surface area (TPSA) is 37.6 Å². The van der Waals surface area contributed by atoms with Gasteiger partial charge in [-0.1, -0.05) is 18.2 Å². The Balaban J connectivity index is 1.91. The average molecular weight is 297 g/mol. The number of thioether (sulfide) groups is 1. The van der Waals surface area contributed by atoms with Crippen LogP contribution in [0.25, 0.3) is 6.08 Å². The van der Waals surface area contributed by atoms with Gasteiger partial charge in [-0.25, -0.2) is 4.99 Å². The minimum absolute atomic E-state index is 0.0177. The molecule has 1 fully saturated rings. The van der Waals surface area contributed by atoms with Crippen molar-refractivity contribution in [1.29, 1.82) is 0 Å². The molecule has 0 atom stereocenters. The van der Waals surface area contributed by atoms with Crippen LogP contribution in [0.1, 0.15) is 5.69 Å². The predicted molar refractivity (Wildman–Crippen MR) is 87.3 cm³/mol. The van der Waals surface area contributed by atoms with E-state index in [0.29, 0.717) is 10.1 Å². The number of likely N-dealkylation sites (N-methyl/N-ethyl adjacent to an activating group) is 1. The summed E-state index contributed by atoms with van der Waals surface area (Å²) in [5.74, 6) is -0.0177. The number of amidine groups is 1. The van der Waals surface area contributed by atoms with E-state index >= 15 is 0 Å². The van der Waals surface area contributed by atoms with Gasteiger partial charge in [0.1, 0.15) is 0 Å². The lowest BCUT2D eigenvalue weighted by molar-refractivity contribution is -0.121. The molecule has 2 heterocycles. The Morgan fingerprint density at radius 3 is 2.52 bits per heavy atom. The quantitative estimate of drug-likeness (QED) is 0.798. The maximum atomic E-state index is 12.3. The summed E-state index contributed by atoms with van der Waals surface area (Å²) >= 11 is 1.40. The highest BCUT2D eigenvalue weighted by Crippen LogP contribution is 2.32. The smallest absolute Gasteiger partial charge is 0.266 e. The number of nitrogens with zero attached hydrogens (tertiary/aromatic N) is 3. The molecule has 4 nitrogen and oxygen atoms in total. The van der Waals surface area contributed by atoms with Gasteiger partial charge in [-0.3, -0.25) is 9.69 Å². The Bertz CT molecular complexity index is 731. The molecule has 1 aromatic heterocycles. The summed E-state index contributed by atoms with van der Waals surface area (Å²) in [7, 11) is 3.71. The molecule has 0 bridgehead atoms. The van der Waals surface area contributed by atoms with E-state index in [1.54, 1.807) is 11.9 Å². The van der Waals surface area contributed by atoms with Crippen LogP contribution in [0.2, 0.25) is 0 Å². The minimum Gasteiger partial charge on any atom is -0.351 e. The van der Waals surface area contributed by atoms with E-state index in [-0.39, 0.29) is 5.91 Å². The monoisotopic (exact) mass is 297 g/mol. The van der Waals surface area contributed by atoms with Crippen LogP contribution in [0.15, 0.2) is 58.6 Å². The van der Waals surface area contributed by atoms with Crippen molar-refractivity contribution in [3.8, 4) is 0 Å². The van der Waals surface area contributed by atoms with Crippen LogP contribution in [0, 0.1) is 0 Å². The fraction of sp³-hybridized carbons (Fsp3) is 0.125. The molecule has 1 saturated heterocycles. The number of rotatable bonds is 2. The van der Waals surface area contributed by atoms with Crippen LogP contribution >= 0.6 is 11.8 Å². The Hall–Kier alpha value is -2.27. The first-order valence-electron chi connectivity index (χ1n) is 6.58. The van der Waals surface area contributed by atoms with Gasteiger partial charge in [0.2, 0.25) is 0 Å². The van der Waals surface area contributed by atoms with Crippen LogP contribution in [0.3, 0.4) is 0 Å². The number of carbonyl (C=O) groups is 1. The average Bonchev–Trinajstić information content (AvgIpc) is 3.00. The lowest BCUT2D eigenvalue weighted by Crippen LogP contribution is -2.23. The van der Waals surface area contributed by atoms with Crippen LogP contribution in [0.5, 0.6) is 0 Å². The van der Waals surface area contributed by atoms with Crippen molar-refractivity contribution in [3.05, 3.63) is 59.3 Å².